The Labute approximate surface area is 120 Å². The second kappa shape index (κ2) is 5.39. The van der Waals surface area contributed by atoms with E-state index < -0.39 is 10.0 Å². The van der Waals surface area contributed by atoms with Crippen molar-refractivity contribution in [1.29, 1.82) is 0 Å². The normalized spacial score (nSPS) is 14.2. The molecule has 3 rings (SSSR count). The molecule has 0 amide bonds. The van der Waals surface area contributed by atoms with E-state index in [1.165, 1.54) is 23.5 Å². The molecule has 1 N–H and O–H groups in total. The van der Waals surface area contributed by atoms with Crippen molar-refractivity contribution in [3.8, 4) is 11.5 Å². The van der Waals surface area contributed by atoms with E-state index in [4.69, 9.17) is 9.47 Å². The van der Waals surface area contributed by atoms with Gasteiger partial charge in [-0.3, -0.25) is 0 Å². The molecule has 0 unspecified atom stereocenters. The van der Waals surface area contributed by atoms with Gasteiger partial charge in [-0.1, -0.05) is 0 Å². The minimum Gasteiger partial charge on any atom is -0.486 e. The zero-order valence-corrected chi connectivity index (χ0v) is 12.0. The largest absolute Gasteiger partial charge is 0.486 e. The van der Waals surface area contributed by atoms with Crippen LogP contribution in [0, 0.1) is 0 Å². The molecule has 0 fully saturated rings. The maximum atomic E-state index is 12.2. The first-order chi connectivity index (χ1) is 9.65. The highest BCUT2D eigenvalue weighted by atomic mass is 32.2. The molecule has 1 aliphatic heterocycles. The molecule has 0 saturated carbocycles. The van der Waals surface area contributed by atoms with Gasteiger partial charge in [-0.2, -0.15) is 0 Å². The molecule has 1 aromatic carbocycles. The first kappa shape index (κ1) is 13.3. The predicted molar refractivity (Wildman–Crippen MR) is 73.6 cm³/mol. The number of fused-ring (bicyclic) bond motifs is 1. The maximum absolute atomic E-state index is 12.2. The van der Waals surface area contributed by atoms with Crippen molar-refractivity contribution >= 4 is 21.4 Å². The van der Waals surface area contributed by atoms with Crippen LogP contribution >= 0.6 is 11.3 Å². The van der Waals surface area contributed by atoms with Crippen molar-refractivity contribution in [3.63, 3.8) is 0 Å². The first-order valence-corrected chi connectivity index (χ1v) is 8.29. The highest BCUT2D eigenvalue weighted by molar-refractivity contribution is 7.89. The van der Waals surface area contributed by atoms with E-state index in [2.05, 4.69) is 9.71 Å². The van der Waals surface area contributed by atoms with Crippen LogP contribution in [0.1, 0.15) is 5.01 Å². The van der Waals surface area contributed by atoms with Gasteiger partial charge in [-0.15, -0.1) is 11.3 Å². The van der Waals surface area contributed by atoms with Gasteiger partial charge in [-0.05, 0) is 12.1 Å². The number of benzene rings is 1. The molecule has 0 bridgehead atoms. The number of thiazole rings is 1. The summed E-state index contributed by atoms with van der Waals surface area (Å²) in [5, 5.41) is 2.51. The highest BCUT2D eigenvalue weighted by Gasteiger charge is 2.19. The van der Waals surface area contributed by atoms with Crippen LogP contribution in [0.2, 0.25) is 0 Å². The van der Waals surface area contributed by atoms with Crippen molar-refractivity contribution in [2.45, 2.75) is 11.4 Å². The van der Waals surface area contributed by atoms with Crippen molar-refractivity contribution in [2.24, 2.45) is 0 Å². The first-order valence-electron chi connectivity index (χ1n) is 5.93. The second-order valence-corrected chi connectivity index (χ2v) is 6.80. The lowest BCUT2D eigenvalue weighted by Crippen LogP contribution is -2.23. The van der Waals surface area contributed by atoms with Crippen molar-refractivity contribution in [3.05, 3.63) is 34.8 Å². The van der Waals surface area contributed by atoms with Crippen molar-refractivity contribution < 1.29 is 17.9 Å². The summed E-state index contributed by atoms with van der Waals surface area (Å²) in [7, 11) is -3.59. The molecule has 1 aliphatic rings. The van der Waals surface area contributed by atoms with Gasteiger partial charge in [0.2, 0.25) is 10.0 Å². The summed E-state index contributed by atoms with van der Waals surface area (Å²) < 4.78 is 37.6. The Morgan fingerprint density at radius 3 is 2.80 bits per heavy atom. The molecule has 0 atom stereocenters. The number of rotatable bonds is 4. The number of nitrogens with one attached hydrogen (secondary N) is 1. The van der Waals surface area contributed by atoms with E-state index in [1.807, 2.05) is 0 Å². The van der Waals surface area contributed by atoms with Crippen molar-refractivity contribution in [2.75, 3.05) is 13.2 Å². The quantitative estimate of drug-likeness (QED) is 0.923. The molecule has 2 heterocycles. The molecule has 6 nitrogen and oxygen atoms in total. The fourth-order valence-electron chi connectivity index (χ4n) is 1.77. The van der Waals surface area contributed by atoms with Crippen LogP contribution < -0.4 is 14.2 Å². The van der Waals surface area contributed by atoms with Crippen LogP contribution in [0.4, 0.5) is 0 Å². The summed E-state index contributed by atoms with van der Waals surface area (Å²) in [5.74, 6) is 1.02. The van der Waals surface area contributed by atoms with Crippen LogP contribution in [-0.2, 0) is 16.6 Å². The number of aromatic nitrogens is 1. The Kier molecular flexibility index (Phi) is 3.60. The number of hydrogen-bond acceptors (Lipinski definition) is 6. The van der Waals surface area contributed by atoms with E-state index in [9.17, 15) is 8.42 Å². The third-order valence-corrected chi connectivity index (χ3v) is 4.90. The molecule has 0 aliphatic carbocycles. The van der Waals surface area contributed by atoms with Crippen LogP contribution in [-0.4, -0.2) is 26.6 Å². The van der Waals surface area contributed by atoms with Gasteiger partial charge in [0.1, 0.15) is 18.2 Å². The van der Waals surface area contributed by atoms with Gasteiger partial charge in [0.25, 0.3) is 0 Å². The fraction of sp³-hybridized carbons (Fsp3) is 0.250. The van der Waals surface area contributed by atoms with E-state index in [0.717, 1.165) is 0 Å². The molecular formula is C12H12N2O4S2. The zero-order chi connectivity index (χ0) is 14.0. The van der Waals surface area contributed by atoms with Crippen LogP contribution in [0.5, 0.6) is 11.5 Å². The molecule has 0 saturated heterocycles. The van der Waals surface area contributed by atoms with Crippen LogP contribution in [0.15, 0.2) is 34.7 Å². The average molecular weight is 312 g/mol. The van der Waals surface area contributed by atoms with Gasteiger partial charge >= 0.3 is 0 Å². The standard InChI is InChI=1S/C12H12N2O4S2/c15-20(16,14-8-12-13-3-6-19-12)9-1-2-10-11(7-9)18-5-4-17-10/h1-3,6-7,14H,4-5,8H2. The smallest absolute Gasteiger partial charge is 0.241 e. The Balaban J connectivity index is 1.80. The van der Waals surface area contributed by atoms with Gasteiger partial charge in [0.05, 0.1) is 11.4 Å². The summed E-state index contributed by atoms with van der Waals surface area (Å²) in [6.07, 6.45) is 1.64. The molecule has 0 spiro atoms. The van der Waals surface area contributed by atoms with Gasteiger partial charge in [0, 0.05) is 17.6 Å². The lowest BCUT2D eigenvalue weighted by Gasteiger charge is -2.18. The monoisotopic (exact) mass is 312 g/mol. The Morgan fingerprint density at radius 2 is 2.05 bits per heavy atom. The van der Waals surface area contributed by atoms with Gasteiger partial charge in [0.15, 0.2) is 11.5 Å². The number of nitrogens with zero attached hydrogens (tertiary/aromatic N) is 1. The van der Waals surface area contributed by atoms with Gasteiger partial charge in [-0.25, -0.2) is 18.1 Å². The lowest BCUT2D eigenvalue weighted by molar-refractivity contribution is 0.171. The lowest BCUT2D eigenvalue weighted by atomic mass is 10.3. The number of ether oxygens (including phenoxy) is 2. The summed E-state index contributed by atoms with van der Waals surface area (Å²) in [5.41, 5.74) is 0. The van der Waals surface area contributed by atoms with Crippen LogP contribution in [0.25, 0.3) is 0 Å². The topological polar surface area (TPSA) is 77.5 Å². The summed E-state index contributed by atoms with van der Waals surface area (Å²) in [6, 6.07) is 4.57. The Bertz CT molecular complexity index is 698. The van der Waals surface area contributed by atoms with E-state index in [1.54, 1.807) is 17.6 Å². The molecule has 106 valence electrons. The highest BCUT2D eigenvalue weighted by Crippen LogP contribution is 2.32. The molecule has 0 radical (unpaired) electrons. The van der Waals surface area contributed by atoms with E-state index in [-0.39, 0.29) is 11.4 Å². The van der Waals surface area contributed by atoms with Gasteiger partial charge < -0.3 is 9.47 Å². The number of sulfonamides is 1. The van der Waals surface area contributed by atoms with Crippen LogP contribution in [0.3, 0.4) is 0 Å². The minimum absolute atomic E-state index is 0.151. The molecule has 2 aromatic rings. The second-order valence-electron chi connectivity index (χ2n) is 4.06. The van der Waals surface area contributed by atoms with E-state index in [0.29, 0.717) is 29.7 Å². The SMILES string of the molecule is O=S(=O)(NCc1nccs1)c1ccc2c(c1)OCCO2. The molecule has 20 heavy (non-hydrogen) atoms. The van der Waals surface area contributed by atoms with E-state index >= 15 is 0 Å². The average Bonchev–Trinajstić information content (AvgIpc) is 2.98. The predicted octanol–water partition coefficient (Wildman–Crippen LogP) is 1.39. The number of hydrogen-bond donors (Lipinski definition) is 1. The Hall–Kier alpha value is -1.64. The fourth-order valence-corrected chi connectivity index (χ4v) is 3.42. The zero-order valence-electron chi connectivity index (χ0n) is 10.4. The molecule has 8 heteroatoms. The third kappa shape index (κ3) is 2.77. The summed E-state index contributed by atoms with van der Waals surface area (Å²) in [4.78, 5) is 4.18. The third-order valence-electron chi connectivity index (χ3n) is 2.72. The summed E-state index contributed by atoms with van der Waals surface area (Å²) >= 11 is 1.40. The Morgan fingerprint density at radius 1 is 1.25 bits per heavy atom. The summed E-state index contributed by atoms with van der Waals surface area (Å²) in [6.45, 7) is 1.07. The molecule has 1 aromatic heterocycles. The van der Waals surface area contributed by atoms with Crippen molar-refractivity contribution in [1.82, 2.24) is 9.71 Å². The maximum Gasteiger partial charge on any atom is 0.241 e. The minimum atomic E-state index is -3.59. The molecular weight excluding hydrogens is 300 g/mol.